The number of hydrogen-bond acceptors (Lipinski definition) is 5. The van der Waals surface area contributed by atoms with Crippen molar-refractivity contribution in [2.24, 2.45) is 0 Å². The molecule has 0 bridgehead atoms. The third-order valence-electron chi connectivity index (χ3n) is 1.71. The Labute approximate surface area is 139 Å². The van der Waals surface area contributed by atoms with Gasteiger partial charge < -0.3 is 10.2 Å². The van der Waals surface area contributed by atoms with E-state index in [1.165, 1.54) is 0 Å². The van der Waals surface area contributed by atoms with Crippen molar-refractivity contribution in [1.29, 1.82) is 0 Å². The predicted molar refractivity (Wildman–Crippen MR) is 62.0 cm³/mol. The van der Waals surface area contributed by atoms with Gasteiger partial charge in [-0.1, -0.05) is 0 Å². The molecule has 6 nitrogen and oxygen atoms in total. The standard InChI is InChI=1S/C8H19NO5S.K/c1-7(10)5-9(6-8(2)11)3-4-15(12,13)14;/h7-8,10-11H,3-6H2,1-2H3,(H,12,13,14);. The van der Waals surface area contributed by atoms with Crippen LogP contribution in [0.3, 0.4) is 0 Å². The van der Waals surface area contributed by atoms with Gasteiger partial charge in [-0.25, -0.2) is 0 Å². The fourth-order valence-electron chi connectivity index (χ4n) is 1.25. The van der Waals surface area contributed by atoms with Gasteiger partial charge in [0.05, 0.1) is 18.0 Å². The van der Waals surface area contributed by atoms with Crippen molar-refractivity contribution < 1.29 is 23.2 Å². The monoisotopic (exact) mass is 280 g/mol. The van der Waals surface area contributed by atoms with Gasteiger partial charge in [0.1, 0.15) is 0 Å². The molecular weight excluding hydrogens is 261 g/mol. The Bertz CT molecular complexity index is 258. The van der Waals surface area contributed by atoms with Gasteiger partial charge in [0, 0.05) is 71.0 Å². The van der Waals surface area contributed by atoms with E-state index in [2.05, 4.69) is 0 Å². The summed E-state index contributed by atoms with van der Waals surface area (Å²) in [6.45, 7) is 3.76. The first-order chi connectivity index (χ1) is 6.70. The Morgan fingerprint density at radius 3 is 1.75 bits per heavy atom. The van der Waals surface area contributed by atoms with Gasteiger partial charge in [0.15, 0.2) is 0 Å². The summed E-state index contributed by atoms with van der Waals surface area (Å²) in [5, 5.41) is 18.3. The summed E-state index contributed by atoms with van der Waals surface area (Å²) < 4.78 is 29.6. The molecule has 8 heteroatoms. The van der Waals surface area contributed by atoms with Crippen molar-refractivity contribution in [3.8, 4) is 0 Å². The van der Waals surface area contributed by atoms with Crippen molar-refractivity contribution in [2.75, 3.05) is 25.4 Å². The van der Waals surface area contributed by atoms with E-state index in [4.69, 9.17) is 14.8 Å². The molecule has 0 saturated heterocycles. The van der Waals surface area contributed by atoms with Gasteiger partial charge in [0.25, 0.3) is 10.1 Å². The van der Waals surface area contributed by atoms with Crippen LogP contribution in [0.4, 0.5) is 0 Å². The molecule has 0 heterocycles. The van der Waals surface area contributed by atoms with Crippen LogP contribution in [0.5, 0.6) is 0 Å². The van der Waals surface area contributed by atoms with E-state index in [1.807, 2.05) is 0 Å². The molecule has 0 aliphatic rings. The van der Waals surface area contributed by atoms with Crippen LogP contribution in [0.2, 0.25) is 0 Å². The SMILES string of the molecule is CC(O)CN(CCS(=O)(=O)O)CC(C)O.[K]. The molecule has 0 aromatic carbocycles. The first-order valence-corrected chi connectivity index (χ1v) is 6.35. The quantitative estimate of drug-likeness (QED) is 0.390. The summed E-state index contributed by atoms with van der Waals surface area (Å²) in [7, 11) is -4.00. The number of aliphatic hydroxyl groups is 2. The van der Waals surface area contributed by atoms with Gasteiger partial charge in [-0.2, -0.15) is 8.42 Å². The largest absolute Gasteiger partial charge is 0.392 e. The van der Waals surface area contributed by atoms with Crippen molar-refractivity contribution in [2.45, 2.75) is 26.1 Å². The van der Waals surface area contributed by atoms with E-state index in [9.17, 15) is 8.42 Å². The van der Waals surface area contributed by atoms with Crippen molar-refractivity contribution >= 4 is 61.5 Å². The average molecular weight is 280 g/mol. The van der Waals surface area contributed by atoms with E-state index in [0.717, 1.165) is 0 Å². The summed E-state index contributed by atoms with van der Waals surface area (Å²) >= 11 is 0. The second-order valence-corrected chi connectivity index (χ2v) is 5.32. The van der Waals surface area contributed by atoms with Gasteiger partial charge in [-0.3, -0.25) is 9.45 Å². The van der Waals surface area contributed by atoms with Crippen LogP contribution in [-0.4, -0.2) is 117 Å². The molecule has 1 radical (unpaired) electrons. The van der Waals surface area contributed by atoms with Gasteiger partial charge in [0.2, 0.25) is 0 Å². The minimum Gasteiger partial charge on any atom is -0.392 e. The van der Waals surface area contributed by atoms with E-state index in [-0.39, 0.29) is 71.0 Å². The molecule has 2 unspecified atom stereocenters. The van der Waals surface area contributed by atoms with Crippen molar-refractivity contribution in [3.05, 3.63) is 0 Å². The third kappa shape index (κ3) is 13.5. The Morgan fingerprint density at radius 2 is 1.50 bits per heavy atom. The predicted octanol–water partition coefficient (Wildman–Crippen LogP) is -1.44. The fourth-order valence-corrected chi connectivity index (χ4v) is 1.74. The number of aliphatic hydroxyl groups excluding tert-OH is 2. The Hall–Kier alpha value is 1.43. The maximum atomic E-state index is 10.5. The zero-order valence-corrected chi connectivity index (χ0v) is 13.9. The minimum absolute atomic E-state index is 0. The number of nitrogens with zero attached hydrogens (tertiary/aromatic N) is 1. The van der Waals surface area contributed by atoms with Crippen LogP contribution in [0.1, 0.15) is 13.8 Å². The summed E-state index contributed by atoms with van der Waals surface area (Å²) in [6.07, 6.45) is -1.21. The molecule has 0 rings (SSSR count). The topological polar surface area (TPSA) is 98.1 Å². The molecule has 0 amide bonds. The Kier molecular flexibility index (Phi) is 11.6. The number of hydrogen-bond donors (Lipinski definition) is 3. The van der Waals surface area contributed by atoms with E-state index in [1.54, 1.807) is 18.7 Å². The molecule has 0 saturated carbocycles. The summed E-state index contributed by atoms with van der Waals surface area (Å²) in [6, 6.07) is 0. The molecule has 3 N–H and O–H groups in total. The molecule has 93 valence electrons. The fraction of sp³-hybridized carbons (Fsp3) is 1.00. The van der Waals surface area contributed by atoms with Crippen LogP contribution >= 0.6 is 0 Å². The zero-order chi connectivity index (χ0) is 12.1. The molecule has 0 aromatic rings. The molecule has 0 aromatic heterocycles. The average Bonchev–Trinajstić information content (AvgIpc) is 1.96. The van der Waals surface area contributed by atoms with Crippen LogP contribution in [-0.2, 0) is 10.1 Å². The van der Waals surface area contributed by atoms with Gasteiger partial charge in [-0.05, 0) is 13.8 Å². The molecule has 0 aliphatic carbocycles. The first-order valence-electron chi connectivity index (χ1n) is 4.74. The summed E-state index contributed by atoms with van der Waals surface area (Å²) in [5.74, 6) is -0.396. The zero-order valence-electron chi connectivity index (χ0n) is 10.00. The van der Waals surface area contributed by atoms with Crippen LogP contribution in [0.15, 0.2) is 0 Å². The third-order valence-corrected chi connectivity index (χ3v) is 2.41. The molecular formula is C8H19KNO5S. The normalized spacial score (nSPS) is 15.6. The van der Waals surface area contributed by atoms with E-state index < -0.39 is 28.1 Å². The van der Waals surface area contributed by atoms with Crippen molar-refractivity contribution in [3.63, 3.8) is 0 Å². The van der Waals surface area contributed by atoms with E-state index in [0.29, 0.717) is 0 Å². The second-order valence-electron chi connectivity index (χ2n) is 3.74. The van der Waals surface area contributed by atoms with Crippen molar-refractivity contribution in [1.82, 2.24) is 4.90 Å². The van der Waals surface area contributed by atoms with Gasteiger partial charge in [-0.15, -0.1) is 0 Å². The van der Waals surface area contributed by atoms with E-state index >= 15 is 0 Å². The molecule has 16 heavy (non-hydrogen) atoms. The first kappa shape index (κ1) is 19.8. The van der Waals surface area contributed by atoms with Gasteiger partial charge >= 0.3 is 0 Å². The molecule has 0 fully saturated rings. The molecule has 2 atom stereocenters. The maximum absolute atomic E-state index is 10.5. The summed E-state index contributed by atoms with van der Waals surface area (Å²) in [5.41, 5.74) is 0. The van der Waals surface area contributed by atoms with Crippen LogP contribution < -0.4 is 0 Å². The Morgan fingerprint density at radius 1 is 1.12 bits per heavy atom. The van der Waals surface area contributed by atoms with Crippen LogP contribution in [0.25, 0.3) is 0 Å². The molecule has 0 aliphatic heterocycles. The molecule has 0 spiro atoms. The van der Waals surface area contributed by atoms with Crippen LogP contribution in [0, 0.1) is 0 Å². The minimum atomic E-state index is -4.00. The maximum Gasteiger partial charge on any atom is 0.266 e. The second kappa shape index (κ2) is 9.37. The summed E-state index contributed by atoms with van der Waals surface area (Å²) in [4.78, 5) is 1.59. The Balaban J connectivity index is 0. The number of rotatable bonds is 7. The smallest absolute Gasteiger partial charge is 0.266 e.